The number of nitrogens with one attached hydrogen (secondary N) is 1. The number of H-pyrrole nitrogens is 1. The lowest BCUT2D eigenvalue weighted by molar-refractivity contribution is 0.445. The van der Waals surface area contributed by atoms with Crippen molar-refractivity contribution in [1.29, 1.82) is 0 Å². The maximum atomic E-state index is 4.32. The summed E-state index contributed by atoms with van der Waals surface area (Å²) in [5.74, 6) is 0.718. The third-order valence-corrected chi connectivity index (χ3v) is 5.94. The lowest BCUT2D eigenvalue weighted by Gasteiger charge is -2.21. The summed E-state index contributed by atoms with van der Waals surface area (Å²) in [4.78, 5) is 7.87. The van der Waals surface area contributed by atoms with Gasteiger partial charge in [-0.15, -0.1) is 0 Å². The molecule has 0 amide bonds. The van der Waals surface area contributed by atoms with E-state index in [1.807, 2.05) is 4.52 Å². The topological polar surface area (TPSA) is 46.0 Å². The maximum absolute atomic E-state index is 4.32. The lowest BCUT2D eigenvalue weighted by atomic mass is 9.83. The van der Waals surface area contributed by atoms with Crippen molar-refractivity contribution in [2.24, 2.45) is 0 Å². The summed E-state index contributed by atoms with van der Waals surface area (Å²) >= 11 is 0. The summed E-state index contributed by atoms with van der Waals surface area (Å²) in [5, 5.41) is 5.74. The molecule has 0 aliphatic heterocycles. The Labute approximate surface area is 153 Å². The van der Waals surface area contributed by atoms with Crippen LogP contribution in [0.1, 0.15) is 54.7 Å². The first-order valence-corrected chi connectivity index (χ1v) is 9.63. The largest absolute Gasteiger partial charge is 0.361 e. The predicted molar refractivity (Wildman–Crippen MR) is 106 cm³/mol. The molecular formula is C22H24N4. The molecule has 0 radical (unpaired) electrons. The van der Waals surface area contributed by atoms with E-state index in [2.05, 4.69) is 59.5 Å². The maximum Gasteiger partial charge on any atom is 0.158 e. The molecule has 0 atom stereocenters. The van der Waals surface area contributed by atoms with Crippen LogP contribution in [-0.2, 0) is 0 Å². The monoisotopic (exact) mass is 344 g/mol. The third-order valence-electron chi connectivity index (χ3n) is 5.94. The van der Waals surface area contributed by atoms with Gasteiger partial charge in [-0.3, -0.25) is 0 Å². The molecule has 0 spiro atoms. The fraction of sp³-hybridized carbons (Fsp3) is 0.364. The molecule has 1 aromatic carbocycles. The van der Waals surface area contributed by atoms with Gasteiger partial charge in [0.2, 0.25) is 0 Å². The van der Waals surface area contributed by atoms with E-state index in [9.17, 15) is 0 Å². The number of hydrogen-bond donors (Lipinski definition) is 1. The summed E-state index contributed by atoms with van der Waals surface area (Å²) < 4.78 is 1.87. The zero-order valence-electron chi connectivity index (χ0n) is 15.4. The van der Waals surface area contributed by atoms with Crippen LogP contribution >= 0.6 is 0 Å². The van der Waals surface area contributed by atoms with Gasteiger partial charge in [0, 0.05) is 28.9 Å². The number of benzene rings is 1. The highest BCUT2D eigenvalue weighted by atomic mass is 15.3. The van der Waals surface area contributed by atoms with Crippen molar-refractivity contribution in [3.8, 4) is 11.1 Å². The smallest absolute Gasteiger partial charge is 0.158 e. The summed E-state index contributed by atoms with van der Waals surface area (Å²) in [6, 6.07) is 6.81. The minimum Gasteiger partial charge on any atom is -0.361 e. The first kappa shape index (κ1) is 15.6. The van der Waals surface area contributed by atoms with Crippen LogP contribution in [0.15, 0.2) is 36.9 Å². The number of hydrogen-bond acceptors (Lipinski definition) is 2. The molecule has 0 bridgehead atoms. The molecular weight excluding hydrogens is 320 g/mol. The van der Waals surface area contributed by atoms with Gasteiger partial charge in [-0.25, -0.2) is 9.50 Å². The number of aryl methyl sites for hydroxylation is 2. The molecule has 1 aliphatic rings. The molecule has 4 nitrogen and oxygen atoms in total. The standard InChI is InChI=1S/C22H24N4/c1-14-8-17(18-9-15(2)22-24-13-25-26(22)12-18)10-20-21(14)19(11-23-20)16-6-4-3-5-7-16/h8-13,16,23H,3-7H2,1-2H3. The number of aromatic nitrogens is 4. The normalized spacial score (nSPS) is 15.9. The van der Waals surface area contributed by atoms with Crippen LogP contribution in [0.3, 0.4) is 0 Å². The van der Waals surface area contributed by atoms with Crippen LogP contribution in [0.2, 0.25) is 0 Å². The minimum absolute atomic E-state index is 0.718. The summed E-state index contributed by atoms with van der Waals surface area (Å²) in [7, 11) is 0. The van der Waals surface area contributed by atoms with Crippen LogP contribution < -0.4 is 0 Å². The molecule has 3 aromatic heterocycles. The Morgan fingerprint density at radius 1 is 1.00 bits per heavy atom. The summed E-state index contributed by atoms with van der Waals surface area (Å²) in [6.45, 7) is 4.33. The average Bonchev–Trinajstić information content (AvgIpc) is 3.29. The van der Waals surface area contributed by atoms with E-state index in [4.69, 9.17) is 0 Å². The van der Waals surface area contributed by atoms with Gasteiger partial charge in [0.05, 0.1) is 0 Å². The number of rotatable bonds is 2. The minimum atomic E-state index is 0.718. The predicted octanol–water partition coefficient (Wildman–Crippen LogP) is 5.54. The third kappa shape index (κ3) is 2.44. The van der Waals surface area contributed by atoms with Gasteiger partial charge in [-0.1, -0.05) is 25.3 Å². The Bertz CT molecular complexity index is 1100. The van der Waals surface area contributed by atoms with Crippen LogP contribution in [0.5, 0.6) is 0 Å². The molecule has 5 rings (SSSR count). The van der Waals surface area contributed by atoms with Crippen molar-refractivity contribution in [3.05, 3.63) is 53.6 Å². The van der Waals surface area contributed by atoms with E-state index in [0.717, 1.165) is 17.1 Å². The zero-order valence-corrected chi connectivity index (χ0v) is 15.4. The fourth-order valence-electron chi connectivity index (χ4n) is 4.67. The molecule has 3 heterocycles. The molecule has 132 valence electrons. The van der Waals surface area contributed by atoms with Gasteiger partial charge in [-0.05, 0) is 67.0 Å². The lowest BCUT2D eigenvalue weighted by Crippen LogP contribution is -2.04. The van der Waals surface area contributed by atoms with Crippen molar-refractivity contribution < 1.29 is 0 Å². The van der Waals surface area contributed by atoms with E-state index in [1.54, 1.807) is 6.33 Å². The average molecular weight is 344 g/mol. The fourth-order valence-corrected chi connectivity index (χ4v) is 4.67. The molecule has 1 N–H and O–H groups in total. The second-order valence-electron chi connectivity index (χ2n) is 7.73. The van der Waals surface area contributed by atoms with Crippen LogP contribution in [0.4, 0.5) is 0 Å². The molecule has 0 saturated heterocycles. The molecule has 1 aliphatic carbocycles. The highest BCUT2D eigenvalue weighted by Crippen LogP contribution is 2.39. The van der Waals surface area contributed by atoms with Crippen molar-refractivity contribution in [2.45, 2.75) is 51.9 Å². The first-order chi connectivity index (χ1) is 12.7. The molecule has 1 fully saturated rings. The van der Waals surface area contributed by atoms with Crippen LogP contribution in [0, 0.1) is 13.8 Å². The molecule has 1 saturated carbocycles. The Morgan fingerprint density at radius 2 is 1.81 bits per heavy atom. The van der Waals surface area contributed by atoms with E-state index in [1.165, 1.54) is 65.3 Å². The quantitative estimate of drug-likeness (QED) is 0.519. The SMILES string of the molecule is Cc1cc(-c2cc(C)c3ncnn3c2)cc2[nH]cc(C3CCCCC3)c12. The molecule has 4 heteroatoms. The van der Waals surface area contributed by atoms with Crippen molar-refractivity contribution in [1.82, 2.24) is 19.6 Å². The number of fused-ring (bicyclic) bond motifs is 2. The highest BCUT2D eigenvalue weighted by Gasteiger charge is 2.20. The van der Waals surface area contributed by atoms with Crippen molar-refractivity contribution in [2.75, 3.05) is 0 Å². The number of nitrogens with zero attached hydrogens (tertiary/aromatic N) is 3. The van der Waals surface area contributed by atoms with Gasteiger partial charge < -0.3 is 4.98 Å². The number of aromatic amines is 1. The van der Waals surface area contributed by atoms with Gasteiger partial charge in [0.1, 0.15) is 6.33 Å². The second-order valence-corrected chi connectivity index (χ2v) is 7.73. The van der Waals surface area contributed by atoms with Gasteiger partial charge in [0.15, 0.2) is 5.65 Å². The van der Waals surface area contributed by atoms with Crippen molar-refractivity contribution >= 4 is 16.6 Å². The molecule has 26 heavy (non-hydrogen) atoms. The van der Waals surface area contributed by atoms with E-state index < -0.39 is 0 Å². The van der Waals surface area contributed by atoms with E-state index >= 15 is 0 Å². The summed E-state index contributed by atoms with van der Waals surface area (Å²) in [6.07, 6.45) is 12.7. The first-order valence-electron chi connectivity index (χ1n) is 9.63. The van der Waals surface area contributed by atoms with Gasteiger partial charge >= 0.3 is 0 Å². The second kappa shape index (κ2) is 5.97. The zero-order chi connectivity index (χ0) is 17.7. The Balaban J connectivity index is 1.63. The number of pyridine rings is 1. The van der Waals surface area contributed by atoms with Crippen LogP contribution in [-0.4, -0.2) is 19.6 Å². The molecule has 0 unspecified atom stereocenters. The Morgan fingerprint density at radius 3 is 2.65 bits per heavy atom. The van der Waals surface area contributed by atoms with E-state index in [0.29, 0.717) is 0 Å². The van der Waals surface area contributed by atoms with Gasteiger partial charge in [0.25, 0.3) is 0 Å². The van der Waals surface area contributed by atoms with E-state index in [-0.39, 0.29) is 0 Å². The van der Waals surface area contributed by atoms with Gasteiger partial charge in [-0.2, -0.15) is 5.10 Å². The highest BCUT2D eigenvalue weighted by molar-refractivity contribution is 5.91. The molecule has 4 aromatic rings. The van der Waals surface area contributed by atoms with Crippen molar-refractivity contribution in [3.63, 3.8) is 0 Å². The summed E-state index contributed by atoms with van der Waals surface area (Å²) in [5.41, 5.74) is 8.60. The Kier molecular flexibility index (Phi) is 3.59. The Hall–Kier alpha value is -2.62. The van der Waals surface area contributed by atoms with Crippen LogP contribution in [0.25, 0.3) is 27.7 Å².